The Hall–Kier alpha value is -4.10. The van der Waals surface area contributed by atoms with Gasteiger partial charge in [0, 0.05) is 22.3 Å². The third kappa shape index (κ3) is 4.38. The Balaban J connectivity index is 1.50. The molecule has 168 valence electrons. The third-order valence-corrected chi connectivity index (χ3v) is 6.27. The zero-order chi connectivity index (χ0) is 23.7. The van der Waals surface area contributed by atoms with Crippen LogP contribution >= 0.6 is 11.3 Å². The average molecular weight is 466 g/mol. The van der Waals surface area contributed by atoms with Crippen LogP contribution in [0.3, 0.4) is 0 Å². The van der Waals surface area contributed by atoms with Crippen molar-refractivity contribution in [3.63, 3.8) is 0 Å². The van der Waals surface area contributed by atoms with Gasteiger partial charge in [0.2, 0.25) is 0 Å². The topological polar surface area (TPSA) is 72.7 Å². The summed E-state index contributed by atoms with van der Waals surface area (Å²) in [5.74, 6) is -0.255. The normalized spacial score (nSPS) is 10.9. The smallest absolute Gasteiger partial charge is 0.261 e. The largest absolute Gasteiger partial charge is 0.298 e. The first-order valence-electron chi connectivity index (χ1n) is 10.9. The van der Waals surface area contributed by atoms with Gasteiger partial charge in [0.05, 0.1) is 16.9 Å². The van der Waals surface area contributed by atoms with E-state index in [0.29, 0.717) is 16.4 Å². The number of nitrogens with one attached hydrogen (secondary N) is 1. The molecule has 0 radical (unpaired) electrons. The minimum absolute atomic E-state index is 0.255. The summed E-state index contributed by atoms with van der Waals surface area (Å²) in [6.07, 6.45) is 1.76. The number of hydrogen-bond acceptors (Lipinski definition) is 5. The van der Waals surface area contributed by atoms with Gasteiger partial charge in [-0.3, -0.25) is 15.1 Å². The lowest BCUT2D eigenvalue weighted by atomic mass is 10.1. The fraction of sp³-hybridized carbons (Fsp3) is 0.111. The standard InChI is InChI=1S/C27H23N5OS/c1-17-14-18(2)28-23(15-17)24-19(3)34-27(29-24)30-26(33)22-16-32(21-12-8-5-9-13-21)31-25(22)20-10-6-4-7-11-20/h4-16H,1-3H3,(H,29,30,33). The molecule has 0 atom stereocenters. The first kappa shape index (κ1) is 21.7. The molecule has 5 rings (SSSR count). The summed E-state index contributed by atoms with van der Waals surface area (Å²) in [6.45, 7) is 6.00. The highest BCUT2D eigenvalue weighted by molar-refractivity contribution is 7.16. The van der Waals surface area contributed by atoms with Crippen LogP contribution in [0, 0.1) is 20.8 Å². The average Bonchev–Trinajstić information content (AvgIpc) is 3.44. The molecular formula is C27H23N5OS. The summed E-state index contributed by atoms with van der Waals surface area (Å²) in [4.78, 5) is 23.7. The number of aryl methyl sites for hydroxylation is 3. The van der Waals surface area contributed by atoms with Gasteiger partial charge in [0.25, 0.3) is 5.91 Å². The van der Waals surface area contributed by atoms with E-state index < -0.39 is 0 Å². The number of hydrogen-bond donors (Lipinski definition) is 1. The number of rotatable bonds is 5. The molecule has 1 N–H and O–H groups in total. The van der Waals surface area contributed by atoms with Crippen molar-refractivity contribution in [3.05, 3.63) is 101 Å². The number of nitrogens with zero attached hydrogens (tertiary/aromatic N) is 4. The molecule has 7 heteroatoms. The Morgan fingerprint density at radius 1 is 0.882 bits per heavy atom. The number of carbonyl (C=O) groups is 1. The fourth-order valence-electron chi connectivity index (χ4n) is 3.88. The Morgan fingerprint density at radius 3 is 2.29 bits per heavy atom. The van der Waals surface area contributed by atoms with Gasteiger partial charge in [-0.15, -0.1) is 11.3 Å². The maximum absolute atomic E-state index is 13.4. The van der Waals surface area contributed by atoms with Crippen LogP contribution in [0.25, 0.3) is 28.3 Å². The van der Waals surface area contributed by atoms with Crippen molar-refractivity contribution in [3.8, 4) is 28.3 Å². The molecule has 3 heterocycles. The lowest BCUT2D eigenvalue weighted by Crippen LogP contribution is -2.12. The summed E-state index contributed by atoms with van der Waals surface area (Å²) >= 11 is 1.44. The lowest BCUT2D eigenvalue weighted by molar-refractivity contribution is 0.102. The molecule has 34 heavy (non-hydrogen) atoms. The molecule has 2 aromatic carbocycles. The number of pyridine rings is 1. The van der Waals surface area contributed by atoms with E-state index in [-0.39, 0.29) is 5.91 Å². The van der Waals surface area contributed by atoms with Crippen LogP contribution in [-0.2, 0) is 0 Å². The van der Waals surface area contributed by atoms with Crippen LogP contribution in [0.1, 0.15) is 26.5 Å². The Morgan fingerprint density at radius 2 is 1.59 bits per heavy atom. The van der Waals surface area contributed by atoms with Gasteiger partial charge >= 0.3 is 0 Å². The zero-order valence-electron chi connectivity index (χ0n) is 19.1. The van der Waals surface area contributed by atoms with E-state index in [0.717, 1.165) is 38.8 Å². The monoisotopic (exact) mass is 465 g/mol. The predicted molar refractivity (Wildman–Crippen MR) is 137 cm³/mol. The SMILES string of the molecule is Cc1cc(C)nc(-c2nc(NC(=O)c3cn(-c4ccccc4)nc3-c3ccccc3)sc2C)c1. The van der Waals surface area contributed by atoms with Gasteiger partial charge in [-0.1, -0.05) is 48.5 Å². The second-order valence-corrected chi connectivity index (χ2v) is 9.29. The number of carbonyl (C=O) groups excluding carboxylic acids is 1. The van der Waals surface area contributed by atoms with E-state index in [1.165, 1.54) is 11.3 Å². The van der Waals surface area contributed by atoms with Crippen LogP contribution < -0.4 is 5.32 Å². The van der Waals surface area contributed by atoms with Gasteiger partial charge < -0.3 is 0 Å². The minimum atomic E-state index is -0.255. The first-order chi connectivity index (χ1) is 16.5. The molecule has 3 aromatic heterocycles. The lowest BCUT2D eigenvalue weighted by Gasteiger charge is -2.03. The van der Waals surface area contributed by atoms with Crippen molar-refractivity contribution in [2.45, 2.75) is 20.8 Å². The Labute approximate surface area is 202 Å². The van der Waals surface area contributed by atoms with E-state index in [1.807, 2.05) is 93.6 Å². The van der Waals surface area contributed by atoms with Crippen molar-refractivity contribution < 1.29 is 4.79 Å². The van der Waals surface area contributed by atoms with Crippen LogP contribution in [-0.4, -0.2) is 25.7 Å². The summed E-state index contributed by atoms with van der Waals surface area (Å²) in [5, 5.41) is 8.25. The minimum Gasteiger partial charge on any atom is -0.298 e. The molecule has 0 aliphatic heterocycles. The highest BCUT2D eigenvalue weighted by Gasteiger charge is 2.21. The van der Waals surface area contributed by atoms with Crippen molar-refractivity contribution in [2.24, 2.45) is 0 Å². The second kappa shape index (κ2) is 9.03. The highest BCUT2D eigenvalue weighted by atomic mass is 32.1. The van der Waals surface area contributed by atoms with Crippen LogP contribution in [0.4, 0.5) is 5.13 Å². The molecule has 0 aliphatic rings. The predicted octanol–water partition coefficient (Wildman–Crippen LogP) is 6.24. The zero-order valence-corrected chi connectivity index (χ0v) is 19.9. The van der Waals surface area contributed by atoms with Gasteiger partial charge in [-0.2, -0.15) is 5.10 Å². The second-order valence-electron chi connectivity index (χ2n) is 8.09. The molecule has 1 amide bonds. The quantitative estimate of drug-likeness (QED) is 0.334. The van der Waals surface area contributed by atoms with E-state index in [1.54, 1.807) is 10.9 Å². The summed E-state index contributed by atoms with van der Waals surface area (Å²) in [7, 11) is 0. The third-order valence-electron chi connectivity index (χ3n) is 5.38. The van der Waals surface area contributed by atoms with Gasteiger partial charge in [0.15, 0.2) is 5.13 Å². The van der Waals surface area contributed by atoms with E-state index in [9.17, 15) is 4.79 Å². The molecule has 0 fully saturated rings. The van der Waals surface area contributed by atoms with Gasteiger partial charge in [-0.25, -0.2) is 9.67 Å². The molecule has 0 spiro atoms. The van der Waals surface area contributed by atoms with E-state index in [4.69, 9.17) is 10.1 Å². The molecule has 5 aromatic rings. The number of amides is 1. The maximum Gasteiger partial charge on any atom is 0.261 e. The van der Waals surface area contributed by atoms with Crippen molar-refractivity contribution >= 4 is 22.4 Å². The van der Waals surface area contributed by atoms with Gasteiger partial charge in [-0.05, 0) is 50.6 Å². The number of aromatic nitrogens is 4. The van der Waals surface area contributed by atoms with E-state index in [2.05, 4.69) is 10.3 Å². The molecule has 0 unspecified atom stereocenters. The molecule has 0 saturated carbocycles. The molecule has 0 saturated heterocycles. The van der Waals surface area contributed by atoms with Crippen molar-refractivity contribution in [2.75, 3.05) is 5.32 Å². The fourth-order valence-corrected chi connectivity index (χ4v) is 4.69. The molecular weight excluding hydrogens is 442 g/mol. The van der Waals surface area contributed by atoms with Crippen LogP contribution in [0.15, 0.2) is 79.0 Å². The number of para-hydroxylation sites is 1. The summed E-state index contributed by atoms with van der Waals surface area (Å²) in [6, 6.07) is 23.5. The number of thiazole rings is 1. The number of anilines is 1. The Bertz CT molecular complexity index is 1450. The van der Waals surface area contributed by atoms with Crippen molar-refractivity contribution in [1.82, 2.24) is 19.7 Å². The number of benzene rings is 2. The van der Waals surface area contributed by atoms with Gasteiger partial charge in [0.1, 0.15) is 11.4 Å². The Kier molecular flexibility index (Phi) is 5.77. The molecule has 0 aliphatic carbocycles. The summed E-state index contributed by atoms with van der Waals surface area (Å²) in [5.41, 5.74) is 6.52. The molecule has 0 bridgehead atoms. The van der Waals surface area contributed by atoms with Crippen LogP contribution in [0.2, 0.25) is 0 Å². The van der Waals surface area contributed by atoms with E-state index >= 15 is 0 Å². The van der Waals surface area contributed by atoms with Crippen molar-refractivity contribution in [1.29, 1.82) is 0 Å². The molecule has 6 nitrogen and oxygen atoms in total. The van der Waals surface area contributed by atoms with Crippen LogP contribution in [0.5, 0.6) is 0 Å². The maximum atomic E-state index is 13.4. The first-order valence-corrected chi connectivity index (χ1v) is 11.7. The highest BCUT2D eigenvalue weighted by Crippen LogP contribution is 2.31. The summed E-state index contributed by atoms with van der Waals surface area (Å²) < 4.78 is 1.73.